The largest absolute Gasteiger partial charge is 0.339 e. The number of carbonyl (C=O) groups excluding carboxylic acids is 2. The first-order valence-electron chi connectivity index (χ1n) is 10.2. The first kappa shape index (κ1) is 19.8. The Balaban J connectivity index is 1.62. The van der Waals surface area contributed by atoms with Gasteiger partial charge in [0, 0.05) is 56.3 Å². The summed E-state index contributed by atoms with van der Waals surface area (Å²) in [4.78, 5) is 33.5. The number of piperazine rings is 1. The number of pyridine rings is 1. The highest BCUT2D eigenvalue weighted by atomic mass is 16.2. The number of nitrogens with zero attached hydrogens (tertiary/aromatic N) is 5. The average molecular weight is 403 g/mol. The van der Waals surface area contributed by atoms with Gasteiger partial charge in [-0.2, -0.15) is 5.10 Å². The zero-order valence-electron chi connectivity index (χ0n) is 17.2. The van der Waals surface area contributed by atoms with Crippen LogP contribution >= 0.6 is 0 Å². The lowest BCUT2D eigenvalue weighted by Crippen LogP contribution is -2.51. The van der Waals surface area contributed by atoms with Gasteiger partial charge in [0.25, 0.3) is 5.91 Å². The molecule has 7 heteroatoms. The lowest BCUT2D eigenvalue weighted by Gasteiger charge is -2.35. The van der Waals surface area contributed by atoms with E-state index in [-0.39, 0.29) is 17.7 Å². The van der Waals surface area contributed by atoms with Crippen LogP contribution in [0.2, 0.25) is 0 Å². The first-order chi connectivity index (χ1) is 14.5. The van der Waals surface area contributed by atoms with Gasteiger partial charge in [0.2, 0.25) is 5.91 Å². The average Bonchev–Trinajstić information content (AvgIpc) is 3.25. The van der Waals surface area contributed by atoms with Crippen LogP contribution in [0.15, 0.2) is 61.1 Å². The number of para-hydroxylation sites is 1. The number of hydrogen-bond acceptors (Lipinski definition) is 4. The van der Waals surface area contributed by atoms with Crippen LogP contribution in [0.3, 0.4) is 0 Å². The summed E-state index contributed by atoms with van der Waals surface area (Å²) in [5.74, 6) is 0.0243. The summed E-state index contributed by atoms with van der Waals surface area (Å²) in [6, 6.07) is 13.5. The SMILES string of the molecule is CC(C)C(=O)N1CCN(C(=O)c2cn(-c3ccccc3)nc2-c2cccnc2)CC1. The zero-order valence-corrected chi connectivity index (χ0v) is 17.2. The highest BCUT2D eigenvalue weighted by Gasteiger charge is 2.28. The molecule has 3 heterocycles. The van der Waals surface area contributed by atoms with Gasteiger partial charge in [-0.05, 0) is 24.3 Å². The minimum atomic E-state index is -0.0762. The summed E-state index contributed by atoms with van der Waals surface area (Å²) in [6.45, 7) is 5.94. The van der Waals surface area contributed by atoms with Crippen LogP contribution in [0, 0.1) is 5.92 Å². The monoisotopic (exact) mass is 403 g/mol. The van der Waals surface area contributed by atoms with E-state index in [1.165, 1.54) is 0 Å². The summed E-state index contributed by atoms with van der Waals surface area (Å²) in [6.07, 6.45) is 5.20. The molecule has 2 aromatic heterocycles. The lowest BCUT2D eigenvalue weighted by atomic mass is 10.1. The van der Waals surface area contributed by atoms with E-state index in [0.29, 0.717) is 37.4 Å². The minimum absolute atomic E-state index is 0.0338. The first-order valence-corrected chi connectivity index (χ1v) is 10.2. The number of hydrogen-bond donors (Lipinski definition) is 0. The van der Waals surface area contributed by atoms with Gasteiger partial charge in [-0.3, -0.25) is 14.6 Å². The molecule has 0 N–H and O–H groups in total. The smallest absolute Gasteiger partial charge is 0.257 e. The molecule has 3 aromatic rings. The van der Waals surface area contributed by atoms with Gasteiger partial charge in [0.1, 0.15) is 5.69 Å². The molecule has 1 aliphatic rings. The quantitative estimate of drug-likeness (QED) is 0.672. The maximum Gasteiger partial charge on any atom is 0.257 e. The van der Waals surface area contributed by atoms with Crippen molar-refractivity contribution in [3.05, 3.63) is 66.6 Å². The number of aromatic nitrogens is 3. The standard InChI is InChI=1S/C23H25N5O2/c1-17(2)22(29)26-11-13-27(14-12-26)23(30)20-16-28(19-8-4-3-5-9-19)25-21(20)18-7-6-10-24-15-18/h3-10,15-17H,11-14H2,1-2H3. The molecule has 4 rings (SSSR count). The molecule has 1 aliphatic heterocycles. The molecule has 0 saturated carbocycles. The van der Waals surface area contributed by atoms with Crippen molar-refractivity contribution in [1.29, 1.82) is 0 Å². The number of amides is 2. The van der Waals surface area contributed by atoms with Gasteiger partial charge in [-0.1, -0.05) is 32.0 Å². The molecule has 1 fully saturated rings. The maximum absolute atomic E-state index is 13.4. The molecule has 0 aliphatic carbocycles. The van der Waals surface area contributed by atoms with E-state index in [4.69, 9.17) is 5.10 Å². The van der Waals surface area contributed by atoms with E-state index in [2.05, 4.69) is 4.98 Å². The van der Waals surface area contributed by atoms with E-state index in [9.17, 15) is 9.59 Å². The molecule has 0 atom stereocenters. The van der Waals surface area contributed by atoms with Crippen molar-refractivity contribution in [2.24, 2.45) is 5.92 Å². The molecule has 1 saturated heterocycles. The molecule has 0 spiro atoms. The van der Waals surface area contributed by atoms with Gasteiger partial charge in [0.15, 0.2) is 0 Å². The Labute approximate surface area is 175 Å². The molecule has 0 unspecified atom stereocenters. The van der Waals surface area contributed by atoms with Crippen LogP contribution in [-0.4, -0.2) is 62.6 Å². The summed E-state index contributed by atoms with van der Waals surface area (Å²) in [7, 11) is 0. The van der Waals surface area contributed by atoms with Gasteiger partial charge in [-0.15, -0.1) is 0 Å². The molecule has 154 valence electrons. The Kier molecular flexibility index (Phi) is 5.61. The van der Waals surface area contributed by atoms with Crippen LogP contribution < -0.4 is 0 Å². The molecular weight excluding hydrogens is 378 g/mol. The van der Waals surface area contributed by atoms with E-state index in [1.807, 2.05) is 61.2 Å². The second-order valence-corrected chi connectivity index (χ2v) is 7.69. The summed E-state index contributed by atoms with van der Waals surface area (Å²) in [5, 5.41) is 4.70. The van der Waals surface area contributed by atoms with Gasteiger partial charge in [-0.25, -0.2) is 4.68 Å². The van der Waals surface area contributed by atoms with Crippen LogP contribution in [0.25, 0.3) is 16.9 Å². The van der Waals surface area contributed by atoms with Crippen LogP contribution in [0.1, 0.15) is 24.2 Å². The molecule has 2 amide bonds. The highest BCUT2D eigenvalue weighted by Crippen LogP contribution is 2.25. The van der Waals surface area contributed by atoms with Crippen LogP contribution in [0.4, 0.5) is 0 Å². The van der Waals surface area contributed by atoms with Crippen molar-refractivity contribution in [3.8, 4) is 16.9 Å². The van der Waals surface area contributed by atoms with Crippen molar-refractivity contribution in [2.75, 3.05) is 26.2 Å². The fraction of sp³-hybridized carbons (Fsp3) is 0.304. The normalized spacial score (nSPS) is 14.2. The predicted molar refractivity (Wildman–Crippen MR) is 114 cm³/mol. The van der Waals surface area contributed by atoms with Crippen molar-refractivity contribution >= 4 is 11.8 Å². The van der Waals surface area contributed by atoms with Crippen LogP contribution in [0.5, 0.6) is 0 Å². The Morgan fingerprint density at radius 2 is 1.63 bits per heavy atom. The second-order valence-electron chi connectivity index (χ2n) is 7.69. The van der Waals surface area contributed by atoms with E-state index < -0.39 is 0 Å². The molecule has 0 radical (unpaired) electrons. The molecular formula is C23H25N5O2. The fourth-order valence-electron chi connectivity index (χ4n) is 3.62. The number of rotatable bonds is 4. The Bertz CT molecular complexity index is 1020. The number of benzene rings is 1. The third-order valence-electron chi connectivity index (χ3n) is 5.27. The van der Waals surface area contributed by atoms with E-state index in [0.717, 1.165) is 11.3 Å². The van der Waals surface area contributed by atoms with E-state index >= 15 is 0 Å². The fourth-order valence-corrected chi connectivity index (χ4v) is 3.62. The Hall–Kier alpha value is -3.48. The van der Waals surface area contributed by atoms with Crippen molar-refractivity contribution in [2.45, 2.75) is 13.8 Å². The summed E-state index contributed by atoms with van der Waals surface area (Å²) < 4.78 is 1.73. The molecule has 30 heavy (non-hydrogen) atoms. The Morgan fingerprint density at radius 3 is 2.27 bits per heavy atom. The van der Waals surface area contributed by atoms with Crippen molar-refractivity contribution in [3.63, 3.8) is 0 Å². The molecule has 7 nitrogen and oxygen atoms in total. The van der Waals surface area contributed by atoms with Gasteiger partial charge >= 0.3 is 0 Å². The molecule has 1 aromatic carbocycles. The van der Waals surface area contributed by atoms with Crippen molar-refractivity contribution < 1.29 is 9.59 Å². The van der Waals surface area contributed by atoms with Crippen molar-refractivity contribution in [1.82, 2.24) is 24.6 Å². The van der Waals surface area contributed by atoms with E-state index in [1.54, 1.807) is 28.2 Å². The lowest BCUT2D eigenvalue weighted by molar-refractivity contribution is -0.135. The third-order valence-corrected chi connectivity index (χ3v) is 5.27. The van der Waals surface area contributed by atoms with Crippen LogP contribution in [-0.2, 0) is 4.79 Å². The maximum atomic E-state index is 13.4. The molecule has 0 bridgehead atoms. The van der Waals surface area contributed by atoms with Gasteiger partial charge < -0.3 is 9.80 Å². The highest BCUT2D eigenvalue weighted by molar-refractivity contribution is 6.00. The predicted octanol–water partition coefficient (Wildman–Crippen LogP) is 2.87. The zero-order chi connectivity index (χ0) is 21.1. The van der Waals surface area contributed by atoms with Gasteiger partial charge in [0.05, 0.1) is 11.3 Å². The summed E-state index contributed by atoms with van der Waals surface area (Å²) >= 11 is 0. The third kappa shape index (κ3) is 3.96. The second kappa shape index (κ2) is 8.49. The number of carbonyl (C=O) groups is 2. The minimum Gasteiger partial charge on any atom is -0.339 e. The Morgan fingerprint density at radius 1 is 0.933 bits per heavy atom. The summed E-state index contributed by atoms with van der Waals surface area (Å²) in [5.41, 5.74) is 2.83. The topological polar surface area (TPSA) is 71.3 Å².